The lowest BCUT2D eigenvalue weighted by molar-refractivity contribution is -0.143. The van der Waals surface area contributed by atoms with Crippen LogP contribution in [0, 0.1) is 0 Å². The zero-order chi connectivity index (χ0) is 9.97. The third-order valence-electron chi connectivity index (χ3n) is 2.83. The van der Waals surface area contributed by atoms with Crippen LogP contribution < -0.4 is 0 Å². The summed E-state index contributed by atoms with van der Waals surface area (Å²) in [7, 11) is 1.40. The van der Waals surface area contributed by atoms with Gasteiger partial charge in [0.1, 0.15) is 0 Å². The van der Waals surface area contributed by atoms with Gasteiger partial charge in [0.2, 0.25) is 0 Å². The fourth-order valence-electron chi connectivity index (χ4n) is 1.72. The number of carbonyl (C=O) groups is 1. The van der Waals surface area contributed by atoms with E-state index in [9.17, 15) is 4.79 Å². The number of rotatable bonds is 5. The largest absolute Gasteiger partial charge is 0.469 e. The minimum Gasteiger partial charge on any atom is -0.469 e. The van der Waals surface area contributed by atoms with Crippen LogP contribution in [0.1, 0.15) is 19.3 Å². The van der Waals surface area contributed by atoms with E-state index < -0.39 is 0 Å². The van der Waals surface area contributed by atoms with E-state index in [4.69, 9.17) is 4.74 Å². The number of likely N-dealkylation sites (tertiary alicyclic amines) is 1. The van der Waals surface area contributed by atoms with Crippen LogP contribution in [0.5, 0.6) is 0 Å². The lowest BCUT2D eigenvalue weighted by atomic mass is 10.1. The van der Waals surface area contributed by atoms with E-state index in [-0.39, 0.29) is 5.97 Å². The Kier molecular flexibility index (Phi) is 3.03. The van der Waals surface area contributed by atoms with Gasteiger partial charge in [0.05, 0.1) is 26.2 Å². The van der Waals surface area contributed by atoms with Crippen molar-refractivity contribution in [2.24, 2.45) is 0 Å². The van der Waals surface area contributed by atoms with Gasteiger partial charge in [0.15, 0.2) is 0 Å². The van der Waals surface area contributed by atoms with Gasteiger partial charge < -0.3 is 9.47 Å². The van der Waals surface area contributed by atoms with E-state index in [1.165, 1.54) is 20.0 Å². The van der Waals surface area contributed by atoms with Crippen molar-refractivity contribution < 1.29 is 14.3 Å². The van der Waals surface area contributed by atoms with Gasteiger partial charge in [-0.2, -0.15) is 0 Å². The lowest BCUT2D eigenvalue weighted by Gasteiger charge is -2.39. The molecule has 1 saturated heterocycles. The quantitative estimate of drug-likeness (QED) is 0.601. The van der Waals surface area contributed by atoms with Crippen molar-refractivity contribution in [1.82, 2.24) is 4.90 Å². The van der Waals surface area contributed by atoms with Crippen LogP contribution >= 0.6 is 0 Å². The maximum Gasteiger partial charge on any atom is 0.307 e. The first kappa shape index (κ1) is 9.93. The molecule has 0 aromatic carbocycles. The molecule has 0 radical (unpaired) electrons. The van der Waals surface area contributed by atoms with E-state index in [1.807, 2.05) is 0 Å². The number of nitrogens with zero attached hydrogens (tertiary/aromatic N) is 1. The van der Waals surface area contributed by atoms with E-state index in [2.05, 4.69) is 9.64 Å². The van der Waals surface area contributed by atoms with Gasteiger partial charge in [-0.3, -0.25) is 9.69 Å². The Morgan fingerprint density at radius 1 is 1.43 bits per heavy atom. The molecule has 0 amide bonds. The molecule has 1 aliphatic heterocycles. The molecule has 4 nitrogen and oxygen atoms in total. The Morgan fingerprint density at radius 3 is 2.71 bits per heavy atom. The summed E-state index contributed by atoms with van der Waals surface area (Å²) in [5, 5.41) is 0. The third-order valence-corrected chi connectivity index (χ3v) is 2.83. The number of methoxy groups -OCH3 is 1. The second-order valence-electron chi connectivity index (χ2n) is 4.00. The van der Waals surface area contributed by atoms with Crippen LogP contribution in [0.15, 0.2) is 0 Å². The molecule has 1 heterocycles. The van der Waals surface area contributed by atoms with Gasteiger partial charge in [0, 0.05) is 19.1 Å². The van der Waals surface area contributed by atoms with Crippen LogP contribution in [0.4, 0.5) is 0 Å². The first-order valence-corrected chi connectivity index (χ1v) is 5.22. The molecular formula is C10H17NO3. The summed E-state index contributed by atoms with van der Waals surface area (Å²) in [6.45, 7) is 2.59. The first-order chi connectivity index (χ1) is 6.79. The normalized spacial score (nSPS) is 23.2. The molecule has 0 unspecified atom stereocenters. The molecule has 4 heteroatoms. The number of hydrogen-bond acceptors (Lipinski definition) is 4. The van der Waals surface area contributed by atoms with Gasteiger partial charge >= 0.3 is 5.97 Å². The third kappa shape index (κ3) is 2.45. The number of ether oxygens (including phenoxy) is 2. The summed E-state index contributed by atoms with van der Waals surface area (Å²) in [6.07, 6.45) is 3.43. The van der Waals surface area contributed by atoms with Crippen LogP contribution in [-0.4, -0.2) is 49.8 Å². The minimum atomic E-state index is -0.191. The van der Waals surface area contributed by atoms with Gasteiger partial charge in [0.25, 0.3) is 0 Å². The fraction of sp³-hybridized carbons (Fsp3) is 0.900. The second kappa shape index (κ2) is 4.28. The highest BCUT2D eigenvalue weighted by Crippen LogP contribution is 2.31. The highest BCUT2D eigenvalue weighted by atomic mass is 16.5. The van der Waals surface area contributed by atoms with Gasteiger partial charge in [-0.1, -0.05) is 0 Å². The van der Waals surface area contributed by atoms with Crippen LogP contribution in [0.25, 0.3) is 0 Å². The van der Waals surface area contributed by atoms with E-state index in [0.717, 1.165) is 19.1 Å². The van der Waals surface area contributed by atoms with Crippen molar-refractivity contribution in [3.63, 3.8) is 0 Å². The van der Waals surface area contributed by atoms with E-state index in [0.29, 0.717) is 19.1 Å². The van der Waals surface area contributed by atoms with Crippen molar-refractivity contribution >= 4 is 5.97 Å². The molecule has 2 rings (SSSR count). The lowest BCUT2D eigenvalue weighted by Crippen LogP contribution is -2.53. The average molecular weight is 199 g/mol. The molecule has 80 valence electrons. The predicted octanol–water partition coefficient (Wildman–Crippen LogP) is 0.413. The molecule has 2 aliphatic rings. The molecule has 2 fully saturated rings. The molecule has 1 saturated carbocycles. The highest BCUT2D eigenvalue weighted by molar-refractivity contribution is 5.69. The van der Waals surface area contributed by atoms with Gasteiger partial charge in [-0.15, -0.1) is 0 Å². The summed E-state index contributed by atoms with van der Waals surface area (Å²) < 4.78 is 10.0. The van der Waals surface area contributed by atoms with Crippen molar-refractivity contribution in [3.8, 4) is 0 Å². The fourth-order valence-corrected chi connectivity index (χ4v) is 1.72. The summed E-state index contributed by atoms with van der Waals surface area (Å²) in [5.41, 5.74) is 0. The number of hydrogen-bond donors (Lipinski definition) is 0. The second-order valence-corrected chi connectivity index (χ2v) is 4.00. The van der Waals surface area contributed by atoms with Crippen molar-refractivity contribution in [1.29, 1.82) is 0 Å². The molecule has 0 aromatic rings. The maximum atomic E-state index is 10.8. The molecule has 14 heavy (non-hydrogen) atoms. The molecule has 0 atom stereocenters. The van der Waals surface area contributed by atoms with Crippen molar-refractivity contribution in [2.45, 2.75) is 31.4 Å². The van der Waals surface area contributed by atoms with E-state index >= 15 is 0 Å². The summed E-state index contributed by atoms with van der Waals surface area (Å²) in [6, 6.07) is 0.843. The van der Waals surface area contributed by atoms with Gasteiger partial charge in [-0.05, 0) is 12.8 Å². The smallest absolute Gasteiger partial charge is 0.307 e. The standard InChI is InChI=1S/C10H17NO3/c1-13-10(12)4-5-14-9-6-11(7-9)8-2-3-8/h8-9H,2-7H2,1H3. The summed E-state index contributed by atoms with van der Waals surface area (Å²) in [5.74, 6) is -0.191. The van der Waals surface area contributed by atoms with Crippen LogP contribution in [-0.2, 0) is 14.3 Å². The molecule has 1 aliphatic carbocycles. The maximum absolute atomic E-state index is 10.8. The topological polar surface area (TPSA) is 38.8 Å². The van der Waals surface area contributed by atoms with E-state index in [1.54, 1.807) is 0 Å². The minimum absolute atomic E-state index is 0.191. The molecule has 0 aromatic heterocycles. The van der Waals surface area contributed by atoms with Crippen molar-refractivity contribution in [3.05, 3.63) is 0 Å². The Morgan fingerprint density at radius 2 is 2.14 bits per heavy atom. The first-order valence-electron chi connectivity index (χ1n) is 5.22. The zero-order valence-electron chi connectivity index (χ0n) is 8.57. The Labute approximate surface area is 84.2 Å². The molecule has 0 spiro atoms. The Bertz CT molecular complexity index is 209. The monoisotopic (exact) mass is 199 g/mol. The number of esters is 1. The highest BCUT2D eigenvalue weighted by Gasteiger charge is 2.38. The van der Waals surface area contributed by atoms with Crippen molar-refractivity contribution in [2.75, 3.05) is 26.8 Å². The van der Waals surface area contributed by atoms with Crippen LogP contribution in [0.2, 0.25) is 0 Å². The molecule has 0 bridgehead atoms. The number of carbonyl (C=O) groups excluding carboxylic acids is 1. The Hall–Kier alpha value is -0.610. The summed E-state index contributed by atoms with van der Waals surface area (Å²) >= 11 is 0. The van der Waals surface area contributed by atoms with Gasteiger partial charge in [-0.25, -0.2) is 0 Å². The van der Waals surface area contributed by atoms with Crippen LogP contribution in [0.3, 0.4) is 0 Å². The average Bonchev–Trinajstić information content (AvgIpc) is 2.91. The SMILES string of the molecule is COC(=O)CCOC1CN(C2CC2)C1. The molecular weight excluding hydrogens is 182 g/mol. The Balaban J connectivity index is 1.49. The molecule has 0 N–H and O–H groups in total. The summed E-state index contributed by atoms with van der Waals surface area (Å²) in [4.78, 5) is 13.2. The zero-order valence-corrected chi connectivity index (χ0v) is 8.57. The predicted molar refractivity (Wildman–Crippen MR) is 51.0 cm³/mol.